The quantitative estimate of drug-likeness (QED) is 0.600. The van der Waals surface area contributed by atoms with Gasteiger partial charge in [-0.1, -0.05) is 6.07 Å². The molecular formula is C15H17NO3. The number of nitrogens with zero attached hydrogens (tertiary/aromatic N) is 1. The van der Waals surface area contributed by atoms with Crippen molar-refractivity contribution in [2.45, 2.75) is 20.3 Å². The molecule has 0 aliphatic carbocycles. The maximum atomic E-state index is 11.3. The summed E-state index contributed by atoms with van der Waals surface area (Å²) in [5.41, 5.74) is 2.31. The lowest BCUT2D eigenvalue weighted by Crippen LogP contribution is -2.31. The Hall–Kier alpha value is -2.10. The summed E-state index contributed by atoms with van der Waals surface area (Å²) in [5, 5.41) is 0. The Morgan fingerprint density at radius 3 is 2.16 bits per heavy atom. The summed E-state index contributed by atoms with van der Waals surface area (Å²) in [5.74, 6) is 0.350. The van der Waals surface area contributed by atoms with E-state index < -0.39 is 0 Å². The minimum absolute atomic E-state index is 0.239. The van der Waals surface area contributed by atoms with E-state index in [1.807, 2.05) is 26.0 Å². The number of aryl methyl sites for hydroxylation is 2. The van der Waals surface area contributed by atoms with Gasteiger partial charge in [0.05, 0.1) is 6.61 Å². The summed E-state index contributed by atoms with van der Waals surface area (Å²) in [6, 6.07) is 6.03. The van der Waals surface area contributed by atoms with Gasteiger partial charge in [0.25, 0.3) is 11.8 Å². The van der Waals surface area contributed by atoms with E-state index >= 15 is 0 Å². The van der Waals surface area contributed by atoms with Crippen molar-refractivity contribution < 1.29 is 14.3 Å². The molecule has 1 aliphatic heterocycles. The van der Waals surface area contributed by atoms with Gasteiger partial charge in [-0.25, -0.2) is 0 Å². The van der Waals surface area contributed by atoms with Crippen molar-refractivity contribution in [2.75, 3.05) is 13.2 Å². The summed E-state index contributed by atoms with van der Waals surface area (Å²) in [4.78, 5) is 23.9. The van der Waals surface area contributed by atoms with Gasteiger partial charge in [-0.05, 0) is 43.5 Å². The number of hydrogen-bond acceptors (Lipinski definition) is 3. The highest BCUT2D eigenvalue weighted by atomic mass is 16.5. The van der Waals surface area contributed by atoms with E-state index in [1.165, 1.54) is 17.1 Å². The fourth-order valence-corrected chi connectivity index (χ4v) is 2.08. The second-order valence-corrected chi connectivity index (χ2v) is 4.69. The third kappa shape index (κ3) is 3.44. The normalized spacial score (nSPS) is 14.3. The minimum atomic E-state index is -0.239. The molecule has 0 N–H and O–H groups in total. The lowest BCUT2D eigenvalue weighted by Gasteiger charge is -2.14. The molecule has 2 amide bonds. The standard InChI is InChI=1S/C15H17NO3/c1-11-8-12(2)10-13(9-11)19-7-3-6-16-14(17)4-5-15(16)18/h4-5,8-10H,3,6-7H2,1-2H3. The molecule has 0 spiro atoms. The average molecular weight is 259 g/mol. The highest BCUT2D eigenvalue weighted by Gasteiger charge is 2.22. The van der Waals surface area contributed by atoms with Crippen LogP contribution < -0.4 is 4.74 Å². The van der Waals surface area contributed by atoms with Crippen LogP contribution in [0.5, 0.6) is 5.75 Å². The number of ether oxygens (including phenoxy) is 1. The van der Waals surface area contributed by atoms with Crippen molar-refractivity contribution in [1.29, 1.82) is 0 Å². The first kappa shape index (κ1) is 13.3. The molecule has 4 heteroatoms. The van der Waals surface area contributed by atoms with E-state index in [9.17, 15) is 9.59 Å². The second-order valence-electron chi connectivity index (χ2n) is 4.69. The predicted octanol–water partition coefficient (Wildman–Crippen LogP) is 2.00. The van der Waals surface area contributed by atoms with Gasteiger partial charge in [0, 0.05) is 18.7 Å². The second kappa shape index (κ2) is 5.69. The molecule has 0 saturated carbocycles. The average Bonchev–Trinajstić information content (AvgIpc) is 2.64. The van der Waals surface area contributed by atoms with Crippen molar-refractivity contribution in [1.82, 2.24) is 4.90 Å². The van der Waals surface area contributed by atoms with Crippen LogP contribution in [0.1, 0.15) is 17.5 Å². The highest BCUT2D eigenvalue weighted by molar-refractivity contribution is 6.12. The van der Waals surface area contributed by atoms with Crippen molar-refractivity contribution in [3.8, 4) is 5.75 Å². The van der Waals surface area contributed by atoms with Gasteiger partial charge >= 0.3 is 0 Å². The van der Waals surface area contributed by atoms with Crippen molar-refractivity contribution >= 4 is 11.8 Å². The first-order valence-corrected chi connectivity index (χ1v) is 6.31. The van der Waals surface area contributed by atoms with Crippen LogP contribution in [0.2, 0.25) is 0 Å². The Bertz CT molecular complexity index is 496. The zero-order chi connectivity index (χ0) is 13.8. The van der Waals surface area contributed by atoms with Crippen LogP contribution >= 0.6 is 0 Å². The molecule has 1 heterocycles. The van der Waals surface area contributed by atoms with Gasteiger partial charge in [0.2, 0.25) is 0 Å². The number of imide groups is 1. The fourth-order valence-electron chi connectivity index (χ4n) is 2.08. The number of amides is 2. The maximum Gasteiger partial charge on any atom is 0.253 e. The smallest absolute Gasteiger partial charge is 0.253 e. The van der Waals surface area contributed by atoms with Gasteiger partial charge < -0.3 is 4.74 Å². The van der Waals surface area contributed by atoms with E-state index in [0.717, 1.165) is 16.9 Å². The lowest BCUT2D eigenvalue weighted by molar-refractivity contribution is -0.136. The number of rotatable bonds is 5. The van der Waals surface area contributed by atoms with Crippen LogP contribution in [0, 0.1) is 13.8 Å². The summed E-state index contributed by atoms with van der Waals surface area (Å²) < 4.78 is 5.63. The number of benzene rings is 1. The van der Waals surface area contributed by atoms with Gasteiger partial charge in [-0.2, -0.15) is 0 Å². The first-order chi connectivity index (χ1) is 9.06. The predicted molar refractivity (Wildman–Crippen MR) is 71.9 cm³/mol. The molecule has 2 rings (SSSR count). The molecular weight excluding hydrogens is 242 g/mol. The van der Waals surface area contributed by atoms with Gasteiger partial charge in [0.1, 0.15) is 5.75 Å². The molecule has 0 aromatic heterocycles. The van der Waals surface area contributed by atoms with E-state index in [-0.39, 0.29) is 11.8 Å². The van der Waals surface area contributed by atoms with Crippen molar-refractivity contribution in [3.63, 3.8) is 0 Å². The molecule has 0 saturated heterocycles. The first-order valence-electron chi connectivity index (χ1n) is 6.31. The van der Waals surface area contributed by atoms with Gasteiger partial charge in [0.15, 0.2) is 0 Å². The van der Waals surface area contributed by atoms with E-state index in [1.54, 1.807) is 0 Å². The van der Waals surface area contributed by atoms with Gasteiger partial charge in [-0.3, -0.25) is 14.5 Å². The molecule has 1 aliphatic rings. The van der Waals surface area contributed by atoms with Crippen LogP contribution in [-0.4, -0.2) is 29.9 Å². The Morgan fingerprint density at radius 2 is 1.58 bits per heavy atom. The Morgan fingerprint density at radius 1 is 1.00 bits per heavy atom. The Labute approximate surface area is 112 Å². The van der Waals surface area contributed by atoms with E-state index in [2.05, 4.69) is 6.07 Å². The van der Waals surface area contributed by atoms with Crippen molar-refractivity contribution in [3.05, 3.63) is 41.5 Å². The molecule has 0 fully saturated rings. The summed E-state index contributed by atoms with van der Waals surface area (Å²) in [6.07, 6.45) is 3.23. The number of carbonyl (C=O) groups excluding carboxylic acids is 2. The molecule has 0 unspecified atom stereocenters. The fraction of sp³-hybridized carbons (Fsp3) is 0.333. The number of hydrogen-bond donors (Lipinski definition) is 0. The van der Waals surface area contributed by atoms with E-state index in [4.69, 9.17) is 4.74 Å². The third-order valence-corrected chi connectivity index (χ3v) is 2.89. The van der Waals surface area contributed by atoms with Crippen LogP contribution in [0.15, 0.2) is 30.4 Å². The Kier molecular flexibility index (Phi) is 4.00. The summed E-state index contributed by atoms with van der Waals surface area (Å²) in [6.45, 7) is 4.93. The van der Waals surface area contributed by atoms with Crippen LogP contribution in [0.4, 0.5) is 0 Å². The molecule has 19 heavy (non-hydrogen) atoms. The summed E-state index contributed by atoms with van der Waals surface area (Å²) >= 11 is 0. The monoisotopic (exact) mass is 259 g/mol. The molecule has 1 aromatic rings. The molecule has 0 bridgehead atoms. The summed E-state index contributed by atoms with van der Waals surface area (Å²) in [7, 11) is 0. The topological polar surface area (TPSA) is 46.6 Å². The zero-order valence-electron chi connectivity index (χ0n) is 11.2. The SMILES string of the molecule is Cc1cc(C)cc(OCCCN2C(=O)C=CC2=O)c1. The largest absolute Gasteiger partial charge is 0.494 e. The van der Waals surface area contributed by atoms with Gasteiger partial charge in [-0.15, -0.1) is 0 Å². The maximum absolute atomic E-state index is 11.3. The third-order valence-electron chi connectivity index (χ3n) is 2.89. The molecule has 0 atom stereocenters. The highest BCUT2D eigenvalue weighted by Crippen LogP contribution is 2.16. The van der Waals surface area contributed by atoms with E-state index in [0.29, 0.717) is 19.6 Å². The molecule has 100 valence electrons. The van der Waals surface area contributed by atoms with Crippen LogP contribution in [0.3, 0.4) is 0 Å². The molecule has 0 radical (unpaired) electrons. The zero-order valence-corrected chi connectivity index (χ0v) is 11.2. The minimum Gasteiger partial charge on any atom is -0.494 e. The Balaban J connectivity index is 1.78. The number of carbonyl (C=O) groups is 2. The molecule has 1 aromatic carbocycles. The lowest BCUT2D eigenvalue weighted by atomic mass is 10.1. The van der Waals surface area contributed by atoms with Crippen molar-refractivity contribution in [2.24, 2.45) is 0 Å². The molecule has 4 nitrogen and oxygen atoms in total. The van der Waals surface area contributed by atoms with Crippen LogP contribution in [0.25, 0.3) is 0 Å². The van der Waals surface area contributed by atoms with Crippen LogP contribution in [-0.2, 0) is 9.59 Å².